The van der Waals surface area contributed by atoms with E-state index < -0.39 is 16.4 Å². The van der Waals surface area contributed by atoms with Crippen LogP contribution in [0.5, 0.6) is 5.75 Å². The Balaban J connectivity index is 0.00000392. The average molecular weight is 536 g/mol. The number of nitrogens with zero attached hydrogens (tertiary/aromatic N) is 2. The van der Waals surface area contributed by atoms with Gasteiger partial charge >= 0.3 is 6.36 Å². The van der Waals surface area contributed by atoms with Gasteiger partial charge in [-0.2, -0.15) is 0 Å². The maximum absolute atomic E-state index is 12.5. The molecule has 1 aliphatic heterocycles. The molecule has 7 nitrogen and oxygen atoms in total. The molecule has 0 aromatic heterocycles. The van der Waals surface area contributed by atoms with Crippen molar-refractivity contribution >= 4 is 40.0 Å². The molecule has 1 saturated heterocycles. The van der Waals surface area contributed by atoms with E-state index in [0.717, 1.165) is 0 Å². The van der Waals surface area contributed by atoms with E-state index >= 15 is 0 Å². The second-order valence-corrected chi connectivity index (χ2v) is 7.93. The summed E-state index contributed by atoms with van der Waals surface area (Å²) in [5.41, 5.74) is 0.286. The molecule has 12 heteroatoms. The van der Waals surface area contributed by atoms with Crippen molar-refractivity contribution in [1.82, 2.24) is 14.9 Å². The van der Waals surface area contributed by atoms with Crippen LogP contribution in [0.4, 0.5) is 13.2 Å². The summed E-state index contributed by atoms with van der Waals surface area (Å²) in [5, 5.41) is 5.97. The summed E-state index contributed by atoms with van der Waals surface area (Å²) in [6, 6.07) is 5.79. The van der Waals surface area contributed by atoms with Crippen molar-refractivity contribution < 1.29 is 26.3 Å². The van der Waals surface area contributed by atoms with Crippen molar-refractivity contribution in [2.45, 2.75) is 26.3 Å². The molecule has 1 aromatic carbocycles. The van der Waals surface area contributed by atoms with Crippen LogP contribution in [-0.4, -0.2) is 57.0 Å². The molecule has 0 saturated carbocycles. The lowest BCUT2D eigenvalue weighted by Gasteiger charge is -2.17. The lowest BCUT2D eigenvalue weighted by molar-refractivity contribution is -0.274. The van der Waals surface area contributed by atoms with Gasteiger partial charge in [-0.25, -0.2) is 17.7 Å². The predicted molar refractivity (Wildman–Crippen MR) is 111 cm³/mol. The number of benzene rings is 1. The minimum Gasteiger partial charge on any atom is -0.405 e. The molecule has 0 unspecified atom stereocenters. The number of alkyl halides is 3. The van der Waals surface area contributed by atoms with Crippen LogP contribution in [0.15, 0.2) is 29.3 Å². The number of hydrogen-bond acceptors (Lipinski definition) is 4. The van der Waals surface area contributed by atoms with Crippen LogP contribution in [0.2, 0.25) is 0 Å². The molecule has 0 spiro atoms. The summed E-state index contributed by atoms with van der Waals surface area (Å²) in [4.78, 5) is 4.25. The number of para-hydroxylation sites is 1. The molecule has 28 heavy (non-hydrogen) atoms. The van der Waals surface area contributed by atoms with Crippen LogP contribution in [0.3, 0.4) is 0 Å². The summed E-state index contributed by atoms with van der Waals surface area (Å²) in [6.45, 7) is 3.52. The molecule has 1 aromatic rings. The van der Waals surface area contributed by atoms with Crippen LogP contribution in [0, 0.1) is 0 Å². The number of hydrogen-bond donors (Lipinski definition) is 2. The number of aliphatic imine (C=N–C) groups is 1. The summed E-state index contributed by atoms with van der Waals surface area (Å²) in [6.07, 6.45) is -4.16. The highest BCUT2D eigenvalue weighted by molar-refractivity contribution is 14.0. The molecule has 1 heterocycles. The first kappa shape index (κ1) is 24.8. The number of sulfonamides is 1. The van der Waals surface area contributed by atoms with Gasteiger partial charge in [-0.1, -0.05) is 18.2 Å². The average Bonchev–Trinajstić information content (AvgIpc) is 2.91. The van der Waals surface area contributed by atoms with Gasteiger partial charge in [0.05, 0.1) is 12.3 Å². The Hall–Kier alpha value is -1.28. The highest BCUT2D eigenvalue weighted by Crippen LogP contribution is 2.26. The maximum Gasteiger partial charge on any atom is 0.573 e. The standard InChI is InChI=1S/C16H23F3N4O3S.HI/c1-2-20-15(21-8-10-23-9-5-11-27(23,24)25)22-12-13-6-3-4-7-14(13)26-16(17,18)19;/h3-4,6-7H,2,5,8-12H2,1H3,(H2,20,21,22);1H. The van der Waals surface area contributed by atoms with Crippen LogP contribution >= 0.6 is 24.0 Å². The van der Waals surface area contributed by atoms with E-state index in [1.807, 2.05) is 6.92 Å². The van der Waals surface area contributed by atoms with Gasteiger partial charge in [-0.15, -0.1) is 37.1 Å². The Morgan fingerprint density at radius 1 is 1.29 bits per heavy atom. The van der Waals surface area contributed by atoms with Crippen molar-refractivity contribution in [3.05, 3.63) is 29.8 Å². The van der Waals surface area contributed by atoms with Crippen LogP contribution in [0.1, 0.15) is 18.9 Å². The summed E-state index contributed by atoms with van der Waals surface area (Å²) in [5.74, 6) is 0.251. The number of halogens is 4. The fourth-order valence-electron chi connectivity index (χ4n) is 2.61. The molecule has 0 aliphatic carbocycles. The van der Waals surface area contributed by atoms with Crippen LogP contribution in [-0.2, 0) is 16.6 Å². The molecule has 1 aliphatic rings. The van der Waals surface area contributed by atoms with Crippen molar-refractivity contribution in [2.75, 3.05) is 31.9 Å². The third kappa shape index (κ3) is 7.99. The zero-order valence-electron chi connectivity index (χ0n) is 15.3. The second-order valence-electron chi connectivity index (χ2n) is 5.85. The fourth-order valence-corrected chi connectivity index (χ4v) is 4.13. The number of ether oxygens (including phenoxy) is 1. The van der Waals surface area contributed by atoms with Crippen molar-refractivity contribution in [3.8, 4) is 5.75 Å². The highest BCUT2D eigenvalue weighted by atomic mass is 127. The van der Waals surface area contributed by atoms with Crippen LogP contribution < -0.4 is 15.4 Å². The van der Waals surface area contributed by atoms with Gasteiger partial charge in [0.2, 0.25) is 10.0 Å². The largest absolute Gasteiger partial charge is 0.573 e. The normalized spacial score (nSPS) is 17.1. The molecule has 160 valence electrons. The van der Waals surface area contributed by atoms with Crippen molar-refractivity contribution in [1.29, 1.82) is 0 Å². The Labute approximate surface area is 179 Å². The summed E-state index contributed by atoms with van der Waals surface area (Å²) in [7, 11) is -3.17. The molecular formula is C16H24F3IN4O3S. The lowest BCUT2D eigenvalue weighted by atomic mass is 10.2. The topological polar surface area (TPSA) is 83.0 Å². The first-order valence-electron chi connectivity index (χ1n) is 8.55. The second kappa shape index (κ2) is 11.0. The molecule has 2 rings (SSSR count). The maximum atomic E-state index is 12.5. The zero-order chi connectivity index (χ0) is 19.9. The van der Waals surface area contributed by atoms with Gasteiger partial charge < -0.3 is 15.4 Å². The Morgan fingerprint density at radius 3 is 2.61 bits per heavy atom. The first-order chi connectivity index (χ1) is 12.7. The van der Waals surface area contributed by atoms with Gasteiger partial charge in [0, 0.05) is 31.7 Å². The fraction of sp³-hybridized carbons (Fsp3) is 0.562. The van der Waals surface area contributed by atoms with E-state index in [2.05, 4.69) is 20.4 Å². The molecule has 0 amide bonds. The number of nitrogens with one attached hydrogen (secondary N) is 2. The third-order valence-electron chi connectivity index (χ3n) is 3.81. The van der Waals surface area contributed by atoms with Gasteiger partial charge in [-0.05, 0) is 19.4 Å². The van der Waals surface area contributed by atoms with Gasteiger partial charge in [-0.3, -0.25) is 0 Å². The minimum absolute atomic E-state index is 0. The Bertz CT molecular complexity index is 760. The van der Waals surface area contributed by atoms with Gasteiger partial charge in [0.15, 0.2) is 5.96 Å². The van der Waals surface area contributed by atoms with E-state index in [1.165, 1.54) is 22.5 Å². The smallest absolute Gasteiger partial charge is 0.405 e. The lowest BCUT2D eigenvalue weighted by Crippen LogP contribution is -2.42. The predicted octanol–water partition coefficient (Wildman–Crippen LogP) is 2.29. The van der Waals surface area contributed by atoms with Crippen molar-refractivity contribution in [2.24, 2.45) is 4.99 Å². The van der Waals surface area contributed by atoms with E-state index in [0.29, 0.717) is 38.6 Å². The summed E-state index contributed by atoms with van der Waals surface area (Å²) >= 11 is 0. The van der Waals surface area contributed by atoms with E-state index in [1.54, 1.807) is 6.07 Å². The molecule has 0 bridgehead atoms. The van der Waals surface area contributed by atoms with Gasteiger partial charge in [0.1, 0.15) is 5.75 Å². The number of rotatable bonds is 7. The zero-order valence-corrected chi connectivity index (χ0v) is 18.5. The van der Waals surface area contributed by atoms with E-state index in [9.17, 15) is 21.6 Å². The quantitative estimate of drug-likeness (QED) is 0.318. The molecule has 1 fully saturated rings. The molecule has 0 radical (unpaired) electrons. The molecule has 2 N–H and O–H groups in total. The molecule has 0 atom stereocenters. The minimum atomic E-state index is -4.77. The van der Waals surface area contributed by atoms with Crippen LogP contribution in [0.25, 0.3) is 0 Å². The Morgan fingerprint density at radius 2 is 2.00 bits per heavy atom. The van der Waals surface area contributed by atoms with Crippen molar-refractivity contribution in [3.63, 3.8) is 0 Å². The Kier molecular flexibility index (Phi) is 9.77. The SMILES string of the molecule is CCNC(=NCc1ccccc1OC(F)(F)F)NCCN1CCCS1(=O)=O.I. The third-order valence-corrected chi connectivity index (χ3v) is 5.76. The van der Waals surface area contributed by atoms with E-state index in [-0.39, 0.29) is 47.6 Å². The first-order valence-corrected chi connectivity index (χ1v) is 10.2. The summed E-state index contributed by atoms with van der Waals surface area (Å²) < 4.78 is 66.4. The van der Waals surface area contributed by atoms with E-state index in [4.69, 9.17) is 0 Å². The monoisotopic (exact) mass is 536 g/mol. The highest BCUT2D eigenvalue weighted by Gasteiger charge is 2.32. The molecular weight excluding hydrogens is 512 g/mol. The van der Waals surface area contributed by atoms with Gasteiger partial charge in [0.25, 0.3) is 0 Å². The number of guanidine groups is 1.